The molecule has 0 N–H and O–H groups in total. The van der Waals surface area contributed by atoms with Gasteiger partial charge in [0.05, 0.1) is 21.1 Å². The van der Waals surface area contributed by atoms with Gasteiger partial charge in [0.2, 0.25) is 0 Å². The lowest BCUT2D eigenvalue weighted by Gasteiger charge is -2.27. The number of quaternary nitrogens is 1. The fraction of sp³-hybridized carbons (Fsp3) is 0.333. The zero-order chi connectivity index (χ0) is 15.5. The van der Waals surface area contributed by atoms with E-state index in [1.54, 1.807) is 12.1 Å². The molecule has 0 bridgehead atoms. The van der Waals surface area contributed by atoms with Crippen LogP contribution in [0, 0.1) is 0 Å². The molecule has 0 spiro atoms. The summed E-state index contributed by atoms with van der Waals surface area (Å²) < 4.78 is 22.5. The third kappa shape index (κ3) is 4.83. The summed E-state index contributed by atoms with van der Waals surface area (Å²) in [4.78, 5) is 11.9. The number of nitrogens with zero attached hydrogens (tertiary/aromatic N) is 1. The Hall–Kier alpha value is -1.39. The van der Waals surface area contributed by atoms with E-state index in [0.29, 0.717) is 11.0 Å². The fourth-order valence-electron chi connectivity index (χ4n) is 1.85. The van der Waals surface area contributed by atoms with Crippen LogP contribution in [0.25, 0.3) is 10.8 Å². The first kappa shape index (κ1) is 16.0. The third-order valence-electron chi connectivity index (χ3n) is 2.97. The van der Waals surface area contributed by atoms with Gasteiger partial charge in [0.1, 0.15) is 18.9 Å². The summed E-state index contributed by atoms with van der Waals surface area (Å²) in [5, 5.41) is 1.66. The maximum Gasteiger partial charge on any atom is 0.319 e. The van der Waals surface area contributed by atoms with Gasteiger partial charge in [-0.3, -0.25) is 4.57 Å². The Morgan fingerprint density at radius 1 is 1.10 bits per heavy atom. The molecule has 5 nitrogen and oxygen atoms in total. The van der Waals surface area contributed by atoms with E-state index >= 15 is 0 Å². The van der Waals surface area contributed by atoms with E-state index in [0.717, 1.165) is 10.8 Å². The highest BCUT2D eigenvalue weighted by Gasteiger charge is 2.15. The van der Waals surface area contributed by atoms with Gasteiger partial charge in [-0.1, -0.05) is 36.4 Å². The Kier molecular flexibility index (Phi) is 4.69. The van der Waals surface area contributed by atoms with Gasteiger partial charge in [0.15, 0.2) is 0 Å². The van der Waals surface area contributed by atoms with E-state index in [2.05, 4.69) is 0 Å². The van der Waals surface area contributed by atoms with E-state index in [9.17, 15) is 9.46 Å². The Labute approximate surface area is 124 Å². The van der Waals surface area contributed by atoms with Crippen LogP contribution in [-0.2, 0) is 9.09 Å². The van der Waals surface area contributed by atoms with Crippen LogP contribution in [0.5, 0.6) is 5.75 Å². The van der Waals surface area contributed by atoms with Crippen molar-refractivity contribution in [3.63, 3.8) is 0 Å². The molecule has 21 heavy (non-hydrogen) atoms. The van der Waals surface area contributed by atoms with Crippen LogP contribution < -0.4 is 9.42 Å². The van der Waals surface area contributed by atoms with Gasteiger partial charge < -0.3 is 18.4 Å². The van der Waals surface area contributed by atoms with Crippen LogP contribution >= 0.6 is 7.82 Å². The first-order chi connectivity index (χ1) is 9.77. The van der Waals surface area contributed by atoms with Crippen molar-refractivity contribution in [3.05, 3.63) is 42.5 Å². The standard InChI is InChI=1S/C15H20NO4P/c1-16(2,3)11-12-19-21(17,18)20-15-10-6-8-13-7-4-5-9-14(13)15/h4-10H,11-12H2,1-3H3. The van der Waals surface area contributed by atoms with Crippen LogP contribution in [0.2, 0.25) is 0 Å². The summed E-state index contributed by atoms with van der Waals surface area (Å²) in [5.74, 6) is 0.289. The van der Waals surface area contributed by atoms with Crippen LogP contribution in [0.4, 0.5) is 0 Å². The molecule has 1 atom stereocenters. The quantitative estimate of drug-likeness (QED) is 0.607. The van der Waals surface area contributed by atoms with Crippen LogP contribution in [-0.4, -0.2) is 38.8 Å². The molecule has 2 aromatic carbocycles. The van der Waals surface area contributed by atoms with Crippen LogP contribution in [0.3, 0.4) is 0 Å². The van der Waals surface area contributed by atoms with Crippen molar-refractivity contribution in [2.45, 2.75) is 0 Å². The highest BCUT2D eigenvalue weighted by Crippen LogP contribution is 2.41. The predicted molar refractivity (Wildman–Crippen MR) is 81.0 cm³/mol. The van der Waals surface area contributed by atoms with Gasteiger partial charge in [-0.15, -0.1) is 0 Å². The van der Waals surface area contributed by atoms with Crippen molar-refractivity contribution < 1.29 is 23.0 Å². The van der Waals surface area contributed by atoms with E-state index in [1.807, 2.05) is 51.5 Å². The van der Waals surface area contributed by atoms with Crippen molar-refractivity contribution in [2.24, 2.45) is 0 Å². The second-order valence-electron chi connectivity index (χ2n) is 5.86. The second kappa shape index (κ2) is 6.16. The second-order valence-corrected chi connectivity index (χ2v) is 7.20. The summed E-state index contributed by atoms with van der Waals surface area (Å²) >= 11 is 0. The van der Waals surface area contributed by atoms with Gasteiger partial charge in [-0.25, -0.2) is 0 Å². The smallest absolute Gasteiger partial charge is 0.319 e. The zero-order valence-corrected chi connectivity index (χ0v) is 13.4. The van der Waals surface area contributed by atoms with Crippen molar-refractivity contribution in [2.75, 3.05) is 34.3 Å². The first-order valence-electron chi connectivity index (χ1n) is 6.70. The Morgan fingerprint density at radius 2 is 1.76 bits per heavy atom. The fourth-order valence-corrected chi connectivity index (χ4v) is 2.61. The summed E-state index contributed by atoms with van der Waals surface area (Å²) in [6, 6.07) is 12.7. The third-order valence-corrected chi connectivity index (χ3v) is 3.89. The lowest BCUT2D eigenvalue weighted by molar-refractivity contribution is -0.870. The lowest BCUT2D eigenvalue weighted by Crippen LogP contribution is -2.37. The normalized spacial score (nSPS) is 14.9. The van der Waals surface area contributed by atoms with Gasteiger partial charge in [-0.2, -0.15) is 0 Å². The molecule has 2 rings (SSSR count). The molecule has 0 fully saturated rings. The minimum absolute atomic E-state index is 0.0923. The van der Waals surface area contributed by atoms with Gasteiger partial charge in [0, 0.05) is 5.39 Å². The topological polar surface area (TPSA) is 58.6 Å². The molecule has 114 valence electrons. The molecule has 0 radical (unpaired) electrons. The maximum absolute atomic E-state index is 11.9. The Balaban J connectivity index is 2.10. The number of phosphoric ester groups is 1. The summed E-state index contributed by atoms with van der Waals surface area (Å²) in [5.41, 5.74) is 0. The van der Waals surface area contributed by atoms with E-state index in [-0.39, 0.29) is 12.4 Å². The molecule has 1 unspecified atom stereocenters. The van der Waals surface area contributed by atoms with E-state index in [1.165, 1.54) is 0 Å². The number of phosphoric acid groups is 1. The van der Waals surface area contributed by atoms with Crippen molar-refractivity contribution in [1.29, 1.82) is 0 Å². The highest BCUT2D eigenvalue weighted by molar-refractivity contribution is 7.46. The van der Waals surface area contributed by atoms with Crippen LogP contribution in [0.15, 0.2) is 42.5 Å². The molecule has 0 saturated heterocycles. The average molecular weight is 309 g/mol. The minimum atomic E-state index is -4.36. The van der Waals surface area contributed by atoms with E-state index in [4.69, 9.17) is 9.05 Å². The number of benzene rings is 2. The van der Waals surface area contributed by atoms with Crippen molar-refractivity contribution in [3.8, 4) is 5.75 Å². The Bertz CT molecular complexity index is 661. The van der Waals surface area contributed by atoms with Crippen molar-refractivity contribution >= 4 is 18.6 Å². The zero-order valence-electron chi connectivity index (χ0n) is 12.5. The number of hydrogen-bond donors (Lipinski definition) is 0. The highest BCUT2D eigenvalue weighted by atomic mass is 31.2. The van der Waals surface area contributed by atoms with Gasteiger partial charge in [0.25, 0.3) is 0 Å². The number of fused-ring (bicyclic) bond motifs is 1. The summed E-state index contributed by atoms with van der Waals surface area (Å²) in [6.45, 7) is 0.667. The summed E-state index contributed by atoms with van der Waals surface area (Å²) in [7, 11) is 1.52. The largest absolute Gasteiger partial charge is 0.746 e. The average Bonchev–Trinajstić information content (AvgIpc) is 2.37. The lowest BCUT2D eigenvalue weighted by atomic mass is 10.1. The number of hydrogen-bond acceptors (Lipinski definition) is 4. The monoisotopic (exact) mass is 309 g/mol. The molecule has 0 aliphatic rings. The molecule has 0 amide bonds. The van der Waals surface area contributed by atoms with E-state index < -0.39 is 7.82 Å². The van der Waals surface area contributed by atoms with Crippen LogP contribution in [0.1, 0.15) is 0 Å². The van der Waals surface area contributed by atoms with Crippen molar-refractivity contribution in [1.82, 2.24) is 0 Å². The van der Waals surface area contributed by atoms with Gasteiger partial charge >= 0.3 is 7.82 Å². The molecule has 0 heterocycles. The first-order valence-corrected chi connectivity index (χ1v) is 8.16. The molecule has 0 aliphatic heterocycles. The Morgan fingerprint density at radius 3 is 2.48 bits per heavy atom. The minimum Gasteiger partial charge on any atom is -0.746 e. The molecule has 2 aromatic rings. The molecule has 0 saturated carbocycles. The molecule has 0 aromatic heterocycles. The molecular weight excluding hydrogens is 289 g/mol. The predicted octanol–water partition coefficient (Wildman–Crippen LogP) is 2.41. The number of rotatable bonds is 6. The molecule has 6 heteroatoms. The van der Waals surface area contributed by atoms with Gasteiger partial charge in [-0.05, 0) is 11.5 Å². The number of likely N-dealkylation sites (N-methyl/N-ethyl adjacent to an activating group) is 1. The molecular formula is C15H20NO4P. The molecule has 0 aliphatic carbocycles. The SMILES string of the molecule is C[N+](C)(C)CCOP(=O)([O-])Oc1cccc2ccccc12. The summed E-state index contributed by atoms with van der Waals surface area (Å²) in [6.07, 6.45) is 0. The maximum atomic E-state index is 11.9.